The van der Waals surface area contributed by atoms with Crippen molar-refractivity contribution in [2.75, 3.05) is 4.90 Å². The van der Waals surface area contributed by atoms with E-state index in [1.54, 1.807) is 18.2 Å². The van der Waals surface area contributed by atoms with E-state index in [9.17, 15) is 14.4 Å². The molecule has 0 spiro atoms. The van der Waals surface area contributed by atoms with Gasteiger partial charge in [-0.1, -0.05) is 35.5 Å². The topological polar surface area (TPSA) is 79.6 Å². The molecule has 40 heavy (non-hydrogen) atoms. The Morgan fingerprint density at radius 3 is 2.20 bits per heavy atom. The second kappa shape index (κ2) is 9.93. The molecule has 1 aliphatic heterocycles. The number of carbonyl (C=O) groups excluding carboxylic acids is 3. The van der Waals surface area contributed by atoms with Crippen LogP contribution in [0.15, 0.2) is 79.0 Å². The van der Waals surface area contributed by atoms with Gasteiger partial charge in [-0.2, -0.15) is 0 Å². The summed E-state index contributed by atoms with van der Waals surface area (Å²) in [6, 6.07) is 16.1. The van der Waals surface area contributed by atoms with Gasteiger partial charge in [0.1, 0.15) is 11.3 Å². The molecule has 2 heterocycles. The van der Waals surface area contributed by atoms with Crippen molar-refractivity contribution in [3.05, 3.63) is 81.0 Å². The number of halogens is 2. The molecule has 0 atom stereocenters. The molecule has 5 aliphatic rings. The third kappa shape index (κ3) is 4.64. The van der Waals surface area contributed by atoms with E-state index >= 15 is 0 Å². The number of hydrogen-bond acceptors (Lipinski definition) is 5. The highest BCUT2D eigenvalue weighted by Gasteiger charge is 2.51. The van der Waals surface area contributed by atoms with Crippen LogP contribution >= 0.6 is 39.3 Å². The van der Waals surface area contributed by atoms with Gasteiger partial charge in [-0.25, -0.2) is 9.69 Å². The second-order valence-electron chi connectivity index (χ2n) is 11.5. The number of rotatable bonds is 5. The quantitative estimate of drug-likeness (QED) is 0.227. The van der Waals surface area contributed by atoms with Crippen LogP contribution in [0, 0.1) is 17.8 Å². The summed E-state index contributed by atoms with van der Waals surface area (Å²) in [6.07, 6.45) is 9.20. The Bertz CT molecular complexity index is 1530. The van der Waals surface area contributed by atoms with E-state index in [1.165, 1.54) is 61.9 Å². The lowest BCUT2D eigenvalue weighted by molar-refractivity contribution is -0.122. The largest absolute Gasteiger partial charge is 0.449 e. The van der Waals surface area contributed by atoms with Gasteiger partial charge in [-0.15, -0.1) is 0 Å². The van der Waals surface area contributed by atoms with E-state index < -0.39 is 17.8 Å². The molecular weight excluding hydrogens is 612 g/mol. The van der Waals surface area contributed by atoms with E-state index in [4.69, 9.17) is 16.0 Å². The lowest BCUT2D eigenvalue weighted by Gasteiger charge is -2.57. The molecule has 9 heteroatoms. The number of anilines is 1. The Hall–Kier alpha value is -2.81. The summed E-state index contributed by atoms with van der Waals surface area (Å²) in [6.45, 7) is 0. The number of imide groups is 2. The molecule has 0 unspecified atom stereocenters. The molecule has 204 valence electrons. The van der Waals surface area contributed by atoms with Crippen LogP contribution in [0.3, 0.4) is 0 Å². The lowest BCUT2D eigenvalue weighted by atomic mass is 9.48. The molecule has 1 N–H and O–H groups in total. The summed E-state index contributed by atoms with van der Waals surface area (Å²) in [5.74, 6) is 1.35. The zero-order valence-electron chi connectivity index (χ0n) is 21.5. The normalized spacial score (nSPS) is 28.4. The fraction of sp³-hybridized carbons (Fsp3) is 0.323. The number of urea groups is 1. The molecule has 6 nitrogen and oxygen atoms in total. The molecule has 4 bridgehead atoms. The van der Waals surface area contributed by atoms with E-state index in [-0.39, 0.29) is 11.0 Å². The summed E-state index contributed by atoms with van der Waals surface area (Å²) >= 11 is 10.8. The van der Waals surface area contributed by atoms with Crippen LogP contribution in [0.2, 0.25) is 5.02 Å². The van der Waals surface area contributed by atoms with Gasteiger partial charge in [0.2, 0.25) is 0 Å². The molecule has 4 aliphatic carbocycles. The van der Waals surface area contributed by atoms with Gasteiger partial charge in [0.25, 0.3) is 11.8 Å². The van der Waals surface area contributed by atoms with E-state index in [1.807, 2.05) is 24.3 Å². The predicted octanol–water partition coefficient (Wildman–Crippen LogP) is 7.98. The molecule has 8 rings (SSSR count). The van der Waals surface area contributed by atoms with Gasteiger partial charge in [0.15, 0.2) is 5.09 Å². The number of carbonyl (C=O) groups is 3. The summed E-state index contributed by atoms with van der Waals surface area (Å²) in [5, 5.41) is 3.50. The Morgan fingerprint density at radius 2 is 1.57 bits per heavy atom. The maximum absolute atomic E-state index is 13.5. The minimum Gasteiger partial charge on any atom is -0.449 e. The van der Waals surface area contributed by atoms with Crippen molar-refractivity contribution >= 4 is 68.9 Å². The SMILES string of the molecule is O=C1NC(=O)N(c2ccc(C34CC5CC(CC(C5)C3)C4)cc2)C(=O)C1=Cc1cc(Br)c(Sc2ccc(Cl)cc2)o1. The molecule has 2 aromatic carbocycles. The minimum atomic E-state index is -0.755. The fourth-order valence-electron chi connectivity index (χ4n) is 7.58. The maximum atomic E-state index is 13.5. The summed E-state index contributed by atoms with van der Waals surface area (Å²) in [4.78, 5) is 40.9. The van der Waals surface area contributed by atoms with Gasteiger partial charge in [-0.05, 0) is 132 Å². The minimum absolute atomic E-state index is 0.172. The standard InChI is InChI=1S/C31H26BrClN2O4S/c32-26-13-23(39-29(26)40-24-7-3-21(33)4-8-24)12-25-27(36)34-30(38)35(28(25)37)22-5-1-20(2-6-22)31-14-17-9-18(15-31)11-19(10-17)16-31/h1-8,12-13,17-19H,9-11,14-16H2,(H,34,36,38). The van der Waals surface area contributed by atoms with Crippen molar-refractivity contribution in [1.29, 1.82) is 0 Å². The number of furan rings is 1. The first-order valence-corrected chi connectivity index (χ1v) is 15.5. The predicted molar refractivity (Wildman–Crippen MR) is 157 cm³/mol. The van der Waals surface area contributed by atoms with Crippen LogP contribution in [0.5, 0.6) is 0 Å². The zero-order valence-corrected chi connectivity index (χ0v) is 24.7. The van der Waals surface area contributed by atoms with E-state index in [2.05, 4.69) is 33.4 Å². The highest BCUT2D eigenvalue weighted by atomic mass is 79.9. The molecular formula is C31H26BrClN2O4S. The Labute approximate surface area is 249 Å². The van der Waals surface area contributed by atoms with Crippen molar-refractivity contribution in [1.82, 2.24) is 5.32 Å². The number of nitrogens with zero attached hydrogens (tertiary/aromatic N) is 1. The maximum Gasteiger partial charge on any atom is 0.335 e. The highest BCUT2D eigenvalue weighted by Crippen LogP contribution is 2.60. The molecule has 1 aromatic heterocycles. The van der Waals surface area contributed by atoms with Crippen LogP contribution in [-0.4, -0.2) is 17.8 Å². The number of hydrogen-bond donors (Lipinski definition) is 1. The monoisotopic (exact) mass is 636 g/mol. The van der Waals surface area contributed by atoms with Crippen LogP contribution in [0.4, 0.5) is 10.5 Å². The van der Waals surface area contributed by atoms with Crippen molar-refractivity contribution in [3.63, 3.8) is 0 Å². The van der Waals surface area contributed by atoms with E-state index in [0.717, 1.165) is 27.5 Å². The Balaban J connectivity index is 1.13. The average Bonchev–Trinajstić information content (AvgIpc) is 3.25. The average molecular weight is 638 g/mol. The van der Waals surface area contributed by atoms with Crippen LogP contribution in [0.25, 0.3) is 6.08 Å². The smallest absolute Gasteiger partial charge is 0.335 e. The van der Waals surface area contributed by atoms with Gasteiger partial charge in [0.05, 0.1) is 10.2 Å². The lowest BCUT2D eigenvalue weighted by Crippen LogP contribution is -2.54. The van der Waals surface area contributed by atoms with Crippen LogP contribution in [-0.2, 0) is 15.0 Å². The van der Waals surface area contributed by atoms with Crippen LogP contribution in [0.1, 0.15) is 49.8 Å². The van der Waals surface area contributed by atoms with Gasteiger partial charge >= 0.3 is 6.03 Å². The summed E-state index contributed by atoms with van der Waals surface area (Å²) < 4.78 is 6.60. The molecule has 0 radical (unpaired) electrons. The molecule has 3 aromatic rings. The van der Waals surface area contributed by atoms with Crippen molar-refractivity contribution in [3.8, 4) is 0 Å². The first-order valence-electron chi connectivity index (χ1n) is 13.5. The molecule has 5 fully saturated rings. The molecule has 4 saturated carbocycles. The first kappa shape index (κ1) is 26.1. The summed E-state index contributed by atoms with van der Waals surface area (Å²) in [5.41, 5.74) is 1.79. The number of amides is 4. The number of nitrogens with one attached hydrogen (secondary N) is 1. The van der Waals surface area contributed by atoms with Gasteiger partial charge in [0, 0.05) is 9.92 Å². The summed E-state index contributed by atoms with van der Waals surface area (Å²) in [7, 11) is 0. The Kier molecular flexibility index (Phi) is 6.48. The van der Waals surface area contributed by atoms with Crippen molar-refractivity contribution < 1.29 is 18.8 Å². The van der Waals surface area contributed by atoms with Crippen molar-refractivity contribution in [2.45, 2.75) is 53.9 Å². The zero-order chi connectivity index (χ0) is 27.6. The molecule has 1 saturated heterocycles. The van der Waals surface area contributed by atoms with Gasteiger partial charge < -0.3 is 4.42 Å². The number of barbiturate groups is 1. The third-order valence-corrected chi connectivity index (χ3v) is 11.0. The molecule has 4 amide bonds. The number of benzene rings is 2. The first-order chi connectivity index (χ1) is 19.3. The van der Waals surface area contributed by atoms with Gasteiger partial charge in [-0.3, -0.25) is 14.9 Å². The van der Waals surface area contributed by atoms with Crippen LogP contribution < -0.4 is 10.2 Å². The Morgan fingerprint density at radius 1 is 0.950 bits per heavy atom. The fourth-order valence-corrected chi connectivity index (χ4v) is 9.04. The second-order valence-corrected chi connectivity index (χ2v) is 13.9. The highest BCUT2D eigenvalue weighted by molar-refractivity contribution is 9.10. The van der Waals surface area contributed by atoms with E-state index in [0.29, 0.717) is 26.0 Å². The third-order valence-electron chi connectivity index (χ3n) is 8.86. The van der Waals surface area contributed by atoms with Crippen molar-refractivity contribution in [2.24, 2.45) is 17.8 Å².